The third-order valence-corrected chi connectivity index (χ3v) is 7.97. The summed E-state index contributed by atoms with van der Waals surface area (Å²) in [4.78, 5) is 42.1. The van der Waals surface area contributed by atoms with Crippen LogP contribution in [0, 0.1) is 28.7 Å². The van der Waals surface area contributed by atoms with Gasteiger partial charge in [-0.1, -0.05) is 42.5 Å². The number of rotatable bonds is 9. The molecule has 0 amide bonds. The number of anilines is 1. The van der Waals surface area contributed by atoms with Crippen molar-refractivity contribution in [3.8, 4) is 5.75 Å². The van der Waals surface area contributed by atoms with Gasteiger partial charge in [0.15, 0.2) is 5.75 Å². The number of hydrogen-bond acceptors (Lipinski definition) is 8. The molecule has 2 heterocycles. The Morgan fingerprint density at radius 2 is 1.59 bits per heavy atom. The maximum atomic E-state index is 14.7. The Labute approximate surface area is 251 Å². The number of aromatic hydroxyl groups is 1. The van der Waals surface area contributed by atoms with Gasteiger partial charge in [0.2, 0.25) is 0 Å². The van der Waals surface area contributed by atoms with Gasteiger partial charge in [0.05, 0.1) is 18.0 Å². The highest BCUT2D eigenvalue weighted by molar-refractivity contribution is 5.50. The molecule has 1 atom stereocenters. The number of nitrogens with two attached hydrogens (primary N) is 1. The molecule has 13 heteroatoms. The lowest BCUT2D eigenvalue weighted by molar-refractivity contribution is -0.385. The summed E-state index contributed by atoms with van der Waals surface area (Å²) in [6.45, 7) is 3.14. The number of benzene rings is 3. The first-order valence-electron chi connectivity index (χ1n) is 14.1. The molecule has 0 bridgehead atoms. The van der Waals surface area contributed by atoms with Crippen molar-refractivity contribution in [3.63, 3.8) is 0 Å². The molecule has 1 aliphatic rings. The Kier molecular flexibility index (Phi) is 8.88. The number of aromatic nitrogens is 2. The first-order chi connectivity index (χ1) is 21.0. The van der Waals surface area contributed by atoms with E-state index in [9.17, 15) is 33.6 Å². The molecule has 3 aromatic carbocycles. The Balaban J connectivity index is 1.47. The van der Waals surface area contributed by atoms with Crippen molar-refractivity contribution >= 4 is 11.4 Å². The molecule has 0 radical (unpaired) electrons. The van der Waals surface area contributed by atoms with E-state index in [1.807, 2.05) is 11.0 Å². The zero-order valence-electron chi connectivity index (χ0n) is 24.0. The van der Waals surface area contributed by atoms with Gasteiger partial charge in [0.1, 0.15) is 17.3 Å². The molecule has 1 aromatic heterocycles. The monoisotopic (exact) mass is 606 g/mol. The molecule has 1 aliphatic heterocycles. The summed E-state index contributed by atoms with van der Waals surface area (Å²) in [5.41, 5.74) is 6.34. The smallest absolute Gasteiger partial charge is 0.331 e. The number of phenolic OH excluding ortho intramolecular Hbond substituents is 1. The van der Waals surface area contributed by atoms with Gasteiger partial charge < -0.3 is 15.7 Å². The summed E-state index contributed by atoms with van der Waals surface area (Å²) in [6, 6.07) is 16.0. The van der Waals surface area contributed by atoms with E-state index in [4.69, 9.17) is 5.73 Å². The van der Waals surface area contributed by atoms with Crippen LogP contribution in [0.25, 0.3) is 0 Å². The van der Waals surface area contributed by atoms with Crippen LogP contribution in [0.4, 0.5) is 20.2 Å². The molecule has 4 aromatic rings. The average molecular weight is 607 g/mol. The molecule has 5 rings (SSSR count). The fourth-order valence-electron chi connectivity index (χ4n) is 5.54. The van der Waals surface area contributed by atoms with Crippen LogP contribution >= 0.6 is 0 Å². The predicted octanol–water partition coefficient (Wildman–Crippen LogP) is 3.28. The molecule has 1 fully saturated rings. The second-order valence-electron chi connectivity index (χ2n) is 10.8. The zero-order chi connectivity index (χ0) is 31.5. The van der Waals surface area contributed by atoms with Crippen molar-refractivity contribution in [1.82, 2.24) is 14.0 Å². The summed E-state index contributed by atoms with van der Waals surface area (Å²) >= 11 is 0. The minimum absolute atomic E-state index is 0.145. The van der Waals surface area contributed by atoms with Crippen LogP contribution in [0.3, 0.4) is 0 Å². The third-order valence-electron chi connectivity index (χ3n) is 7.97. The van der Waals surface area contributed by atoms with E-state index in [-0.39, 0.29) is 29.2 Å². The number of nitro groups is 1. The topological polar surface area (TPSA) is 140 Å². The molecule has 44 heavy (non-hydrogen) atoms. The summed E-state index contributed by atoms with van der Waals surface area (Å²) in [5.74, 6) is -2.02. The largest absolute Gasteiger partial charge is 0.502 e. The van der Waals surface area contributed by atoms with E-state index < -0.39 is 46.1 Å². The summed E-state index contributed by atoms with van der Waals surface area (Å²) in [6.07, 6.45) is 0. The molecule has 0 aliphatic carbocycles. The Bertz CT molecular complexity index is 1780. The highest BCUT2D eigenvalue weighted by Gasteiger charge is 2.27. The van der Waals surface area contributed by atoms with Crippen molar-refractivity contribution in [2.75, 3.05) is 31.1 Å². The van der Waals surface area contributed by atoms with Crippen molar-refractivity contribution in [3.05, 3.63) is 132 Å². The highest BCUT2D eigenvalue weighted by Crippen LogP contribution is 2.27. The van der Waals surface area contributed by atoms with Crippen LogP contribution < -0.4 is 21.9 Å². The standard InChI is InChI=1S/C31H32F2N6O5/c1-20-29(36-14-12-35(13-15-36)17-21-10-11-28(40)27(16-21)39(43)44)30(41)38(19-26(34)22-6-3-2-4-7-22)31(42)37(20)18-23-24(32)8-5-9-25(23)33/h2-11,16,26,40H,12-15,17-19,34H2,1H3/t26-/m1/s1. The summed E-state index contributed by atoms with van der Waals surface area (Å²) < 4.78 is 31.6. The molecular formula is C31H32F2N6O5. The quantitative estimate of drug-likeness (QED) is 0.219. The van der Waals surface area contributed by atoms with Gasteiger partial charge in [-0.15, -0.1) is 0 Å². The maximum Gasteiger partial charge on any atom is 0.331 e. The minimum Gasteiger partial charge on any atom is -0.502 e. The second kappa shape index (κ2) is 12.8. The van der Waals surface area contributed by atoms with E-state index in [2.05, 4.69) is 4.90 Å². The van der Waals surface area contributed by atoms with Gasteiger partial charge in [-0.2, -0.15) is 0 Å². The van der Waals surface area contributed by atoms with Crippen LogP contribution in [0.2, 0.25) is 0 Å². The van der Waals surface area contributed by atoms with Crippen molar-refractivity contribution in [2.45, 2.75) is 32.6 Å². The van der Waals surface area contributed by atoms with Gasteiger partial charge in [-0.05, 0) is 36.2 Å². The molecule has 3 N–H and O–H groups in total. The fraction of sp³-hybridized carbons (Fsp3) is 0.290. The first-order valence-corrected chi connectivity index (χ1v) is 14.1. The Hall–Kier alpha value is -4.88. The third kappa shape index (κ3) is 6.24. The minimum atomic E-state index is -0.806. The number of piperazine rings is 1. The van der Waals surface area contributed by atoms with Crippen LogP contribution in [-0.4, -0.2) is 50.2 Å². The van der Waals surface area contributed by atoms with Crippen LogP contribution in [-0.2, 0) is 19.6 Å². The van der Waals surface area contributed by atoms with Gasteiger partial charge >= 0.3 is 11.4 Å². The molecule has 1 saturated heterocycles. The zero-order valence-corrected chi connectivity index (χ0v) is 24.0. The lowest BCUT2D eigenvalue weighted by Crippen LogP contribution is -2.51. The Morgan fingerprint density at radius 3 is 2.23 bits per heavy atom. The number of nitrogens with zero attached hydrogens (tertiary/aromatic N) is 5. The second-order valence-corrected chi connectivity index (χ2v) is 10.8. The molecule has 11 nitrogen and oxygen atoms in total. The lowest BCUT2D eigenvalue weighted by Gasteiger charge is -2.37. The molecule has 0 unspecified atom stereocenters. The highest BCUT2D eigenvalue weighted by atomic mass is 19.1. The van der Waals surface area contributed by atoms with Gasteiger partial charge in [0.25, 0.3) is 5.56 Å². The Morgan fingerprint density at radius 1 is 0.932 bits per heavy atom. The van der Waals surface area contributed by atoms with Crippen molar-refractivity contribution in [2.24, 2.45) is 5.73 Å². The summed E-state index contributed by atoms with van der Waals surface area (Å²) in [5, 5.41) is 21.0. The average Bonchev–Trinajstić information content (AvgIpc) is 3.00. The molecular weight excluding hydrogens is 574 g/mol. The first kappa shape index (κ1) is 30.6. The lowest BCUT2D eigenvalue weighted by atomic mass is 10.1. The van der Waals surface area contributed by atoms with Crippen LogP contribution in [0.15, 0.2) is 76.3 Å². The van der Waals surface area contributed by atoms with Gasteiger partial charge in [-0.25, -0.2) is 13.6 Å². The summed E-state index contributed by atoms with van der Waals surface area (Å²) in [7, 11) is 0. The van der Waals surface area contributed by atoms with Gasteiger partial charge in [-0.3, -0.25) is 28.9 Å². The number of hydrogen-bond donors (Lipinski definition) is 2. The fourth-order valence-corrected chi connectivity index (χ4v) is 5.54. The van der Waals surface area contributed by atoms with E-state index in [0.717, 1.165) is 22.3 Å². The van der Waals surface area contributed by atoms with Crippen LogP contribution in [0.5, 0.6) is 5.75 Å². The van der Waals surface area contributed by atoms with E-state index in [1.165, 1.54) is 22.8 Å². The number of nitro benzene ring substituents is 1. The van der Waals surface area contributed by atoms with E-state index in [0.29, 0.717) is 38.3 Å². The number of halogens is 2. The van der Waals surface area contributed by atoms with Crippen molar-refractivity contribution in [1.29, 1.82) is 0 Å². The van der Waals surface area contributed by atoms with Gasteiger partial charge in [0, 0.05) is 56.1 Å². The predicted molar refractivity (Wildman–Crippen MR) is 161 cm³/mol. The van der Waals surface area contributed by atoms with Crippen LogP contribution in [0.1, 0.15) is 28.4 Å². The normalized spacial score (nSPS) is 14.5. The SMILES string of the molecule is Cc1c(N2CCN(Cc3ccc(O)c([N+](=O)[O-])c3)CC2)c(=O)n(C[C@@H](N)c2ccccc2)c(=O)n1Cc1c(F)cccc1F. The molecule has 0 spiro atoms. The van der Waals surface area contributed by atoms with E-state index >= 15 is 0 Å². The molecule has 230 valence electrons. The number of phenols is 1. The molecule has 0 saturated carbocycles. The maximum absolute atomic E-state index is 14.7. The van der Waals surface area contributed by atoms with Crippen molar-refractivity contribution < 1.29 is 18.8 Å². The van der Waals surface area contributed by atoms with E-state index in [1.54, 1.807) is 37.3 Å².